The summed E-state index contributed by atoms with van der Waals surface area (Å²) in [6.45, 7) is 0. The standard InChI is InChI=1S/C8H6O6.Na.H/c9-5-1-3(7(11)12)6(10)2-4(5)8(13)14;;/h1-2,9-10H,(H,11,12)(H,13,14);;. The van der Waals surface area contributed by atoms with Gasteiger partial charge in [-0.3, -0.25) is 0 Å². The molecule has 7 heteroatoms. The number of aromatic hydroxyl groups is 2. The number of aromatic carboxylic acids is 2. The van der Waals surface area contributed by atoms with Crippen molar-refractivity contribution >= 4 is 41.5 Å². The summed E-state index contributed by atoms with van der Waals surface area (Å²) in [5.41, 5.74) is -1.10. The first-order valence-corrected chi connectivity index (χ1v) is 3.46. The van der Waals surface area contributed by atoms with Gasteiger partial charge in [-0.1, -0.05) is 0 Å². The van der Waals surface area contributed by atoms with Crippen molar-refractivity contribution in [2.75, 3.05) is 0 Å². The number of carbonyl (C=O) groups is 2. The van der Waals surface area contributed by atoms with Crippen LogP contribution in [0.5, 0.6) is 11.5 Å². The van der Waals surface area contributed by atoms with Crippen molar-refractivity contribution in [2.24, 2.45) is 0 Å². The molecule has 0 aliphatic carbocycles. The Kier molecular flexibility index (Phi) is 4.60. The van der Waals surface area contributed by atoms with Crippen LogP contribution >= 0.6 is 0 Å². The van der Waals surface area contributed by atoms with Crippen LogP contribution in [-0.2, 0) is 0 Å². The van der Waals surface area contributed by atoms with E-state index in [0.717, 1.165) is 0 Å². The van der Waals surface area contributed by atoms with Crippen LogP contribution in [0.15, 0.2) is 12.1 Å². The van der Waals surface area contributed by atoms with Crippen LogP contribution in [-0.4, -0.2) is 61.9 Å². The number of phenols is 2. The third kappa shape index (κ3) is 2.85. The topological polar surface area (TPSA) is 115 Å². The van der Waals surface area contributed by atoms with Gasteiger partial charge in [0.15, 0.2) is 0 Å². The molecular weight excluding hydrogens is 215 g/mol. The van der Waals surface area contributed by atoms with Gasteiger partial charge >= 0.3 is 41.5 Å². The van der Waals surface area contributed by atoms with Gasteiger partial charge < -0.3 is 20.4 Å². The van der Waals surface area contributed by atoms with E-state index >= 15 is 0 Å². The number of hydrogen-bond acceptors (Lipinski definition) is 4. The Morgan fingerprint density at radius 3 is 1.33 bits per heavy atom. The molecule has 4 N–H and O–H groups in total. The monoisotopic (exact) mass is 222 g/mol. The van der Waals surface area contributed by atoms with E-state index in [0.29, 0.717) is 12.1 Å². The first-order chi connectivity index (χ1) is 6.43. The van der Waals surface area contributed by atoms with Gasteiger partial charge in [-0.25, -0.2) is 9.59 Å². The van der Waals surface area contributed by atoms with Crippen molar-refractivity contribution < 1.29 is 30.0 Å². The van der Waals surface area contributed by atoms with Crippen LogP contribution in [0, 0.1) is 0 Å². The summed E-state index contributed by atoms with van der Waals surface area (Å²) >= 11 is 0. The fourth-order valence-electron chi connectivity index (χ4n) is 0.919. The predicted octanol–water partition coefficient (Wildman–Crippen LogP) is -0.154. The third-order valence-electron chi connectivity index (χ3n) is 1.57. The molecule has 1 aromatic rings. The molecule has 0 unspecified atom stereocenters. The molecule has 0 aromatic heterocycles. The van der Waals surface area contributed by atoms with Crippen LogP contribution in [0.3, 0.4) is 0 Å². The number of benzene rings is 1. The summed E-state index contributed by atoms with van der Waals surface area (Å²) in [4.78, 5) is 20.9. The fraction of sp³-hybridized carbons (Fsp3) is 0. The van der Waals surface area contributed by atoms with E-state index in [9.17, 15) is 9.59 Å². The fourth-order valence-corrected chi connectivity index (χ4v) is 0.919. The molecule has 6 nitrogen and oxygen atoms in total. The molecule has 0 fully saturated rings. The molecule has 0 atom stereocenters. The van der Waals surface area contributed by atoms with Gasteiger partial charge in [-0.15, -0.1) is 0 Å². The first-order valence-electron chi connectivity index (χ1n) is 3.46. The van der Waals surface area contributed by atoms with E-state index in [2.05, 4.69) is 0 Å². The van der Waals surface area contributed by atoms with Crippen molar-refractivity contribution in [3.8, 4) is 11.5 Å². The van der Waals surface area contributed by atoms with Crippen molar-refractivity contribution in [3.63, 3.8) is 0 Å². The zero-order chi connectivity index (χ0) is 10.9. The normalized spacial score (nSPS) is 9.07. The van der Waals surface area contributed by atoms with Crippen LogP contribution in [0.25, 0.3) is 0 Å². The quantitative estimate of drug-likeness (QED) is 0.408. The summed E-state index contributed by atoms with van der Waals surface area (Å²) in [7, 11) is 0. The summed E-state index contributed by atoms with van der Waals surface area (Å²) in [5, 5.41) is 35.2. The third-order valence-corrected chi connectivity index (χ3v) is 1.57. The molecule has 0 saturated carbocycles. The Bertz CT molecular complexity index is 374. The second kappa shape index (κ2) is 5.01. The van der Waals surface area contributed by atoms with E-state index in [1.165, 1.54) is 0 Å². The number of carboxylic acid groups (broad SMARTS) is 2. The molecule has 0 saturated heterocycles. The zero-order valence-electron chi connectivity index (χ0n) is 6.76. The molecule has 1 rings (SSSR count). The minimum absolute atomic E-state index is 0. The van der Waals surface area contributed by atoms with E-state index in [-0.39, 0.29) is 29.6 Å². The maximum atomic E-state index is 10.4. The first kappa shape index (κ1) is 13.8. The molecule has 15 heavy (non-hydrogen) atoms. The summed E-state index contributed by atoms with van der Waals surface area (Å²) in [6, 6.07) is 1.36. The molecule has 0 amide bonds. The molecule has 1 aromatic carbocycles. The average Bonchev–Trinajstić information content (AvgIpc) is 2.07. The Balaban J connectivity index is 0.00000196. The van der Waals surface area contributed by atoms with Gasteiger partial charge in [-0.05, 0) is 12.1 Å². The number of carboxylic acids is 2. The average molecular weight is 222 g/mol. The van der Waals surface area contributed by atoms with E-state index < -0.39 is 34.6 Å². The van der Waals surface area contributed by atoms with E-state index in [1.54, 1.807) is 0 Å². The van der Waals surface area contributed by atoms with Crippen LogP contribution in [0.1, 0.15) is 20.7 Å². The SMILES string of the molecule is O=C(O)c1cc(O)c(C(=O)O)cc1O.[NaH]. The van der Waals surface area contributed by atoms with Gasteiger partial charge in [0, 0.05) is 0 Å². The van der Waals surface area contributed by atoms with Crippen LogP contribution in [0.4, 0.5) is 0 Å². The van der Waals surface area contributed by atoms with Crippen molar-refractivity contribution in [3.05, 3.63) is 23.3 Å². The second-order valence-corrected chi connectivity index (χ2v) is 2.50. The van der Waals surface area contributed by atoms with Crippen molar-refractivity contribution in [2.45, 2.75) is 0 Å². The molecule has 0 radical (unpaired) electrons. The maximum absolute atomic E-state index is 10.4. The van der Waals surface area contributed by atoms with Gasteiger partial charge in [-0.2, -0.15) is 0 Å². The zero-order valence-corrected chi connectivity index (χ0v) is 6.76. The molecular formula is C8H7NaO6. The molecule has 76 valence electrons. The molecule has 0 spiro atoms. The van der Waals surface area contributed by atoms with Gasteiger partial charge in [0.05, 0.1) is 0 Å². The predicted molar refractivity (Wildman–Crippen MR) is 50.8 cm³/mol. The summed E-state index contributed by atoms with van der Waals surface area (Å²) < 4.78 is 0. The number of hydrogen-bond donors (Lipinski definition) is 4. The Labute approximate surface area is 106 Å². The molecule has 0 aliphatic rings. The Morgan fingerprint density at radius 2 is 1.13 bits per heavy atom. The van der Waals surface area contributed by atoms with Crippen molar-refractivity contribution in [1.82, 2.24) is 0 Å². The minimum atomic E-state index is -1.45. The van der Waals surface area contributed by atoms with Gasteiger partial charge in [0.1, 0.15) is 22.6 Å². The summed E-state index contributed by atoms with van der Waals surface area (Å²) in [6.07, 6.45) is 0. The molecule has 0 aliphatic heterocycles. The Hall–Kier alpha value is -1.24. The van der Waals surface area contributed by atoms with Gasteiger partial charge in [0.25, 0.3) is 0 Å². The van der Waals surface area contributed by atoms with E-state index in [1.807, 2.05) is 0 Å². The Morgan fingerprint density at radius 1 is 0.867 bits per heavy atom. The molecule has 0 heterocycles. The second-order valence-electron chi connectivity index (χ2n) is 2.50. The van der Waals surface area contributed by atoms with Crippen LogP contribution in [0.2, 0.25) is 0 Å². The summed E-state index contributed by atoms with van der Waals surface area (Å²) in [5.74, 6) is -4.30. The van der Waals surface area contributed by atoms with E-state index in [4.69, 9.17) is 20.4 Å². The molecule has 0 bridgehead atoms. The number of rotatable bonds is 2. The van der Waals surface area contributed by atoms with Gasteiger partial charge in [0.2, 0.25) is 0 Å². The van der Waals surface area contributed by atoms with Crippen molar-refractivity contribution in [1.29, 1.82) is 0 Å². The van der Waals surface area contributed by atoms with Crippen LogP contribution < -0.4 is 0 Å².